The lowest BCUT2D eigenvalue weighted by Crippen LogP contribution is -2.40. The second-order valence-electron chi connectivity index (χ2n) is 7.07. The Morgan fingerprint density at radius 3 is 3.08 bits per heavy atom. The number of morpholine rings is 1. The van der Waals surface area contributed by atoms with Crippen LogP contribution in [-0.4, -0.2) is 66.7 Å². The zero-order chi connectivity index (χ0) is 17.6. The van der Waals surface area contributed by atoms with Gasteiger partial charge in [0.25, 0.3) is 0 Å². The van der Waals surface area contributed by atoms with Crippen LogP contribution in [0, 0.1) is 0 Å². The van der Waals surface area contributed by atoms with Crippen LogP contribution < -0.4 is 4.65 Å². The van der Waals surface area contributed by atoms with Crippen LogP contribution in [0.2, 0.25) is 5.82 Å². The first-order valence-corrected chi connectivity index (χ1v) is 9.71. The molecule has 8 heteroatoms. The molecular weight excluding hydrogens is 341 g/mol. The Morgan fingerprint density at radius 2 is 2.32 bits per heavy atom. The highest BCUT2D eigenvalue weighted by Crippen LogP contribution is 2.60. The van der Waals surface area contributed by atoms with E-state index in [0.717, 1.165) is 43.9 Å². The molecule has 1 aliphatic carbocycles. The number of carboxylic acids is 1. The molecule has 2 fully saturated rings. The third kappa shape index (κ3) is 3.40. The zero-order valence-corrected chi connectivity index (χ0v) is 15.0. The molecule has 0 bridgehead atoms. The van der Waals surface area contributed by atoms with Crippen LogP contribution in [0.25, 0.3) is 0 Å². The molecule has 3 aliphatic rings. The molecule has 25 heavy (non-hydrogen) atoms. The highest BCUT2D eigenvalue weighted by molar-refractivity contribution is 7.99. The summed E-state index contributed by atoms with van der Waals surface area (Å²) in [6.45, 7) is 2.62. The third-order valence-corrected chi connectivity index (χ3v) is 6.34. The summed E-state index contributed by atoms with van der Waals surface area (Å²) in [7, 11) is 1.20. The quantitative estimate of drug-likeness (QED) is 0.611. The Hall–Kier alpha value is -1.22. The van der Waals surface area contributed by atoms with E-state index in [1.165, 1.54) is 11.8 Å². The minimum atomic E-state index is -1.00. The molecule has 3 atom stereocenters. The summed E-state index contributed by atoms with van der Waals surface area (Å²) in [5, 5.41) is 19.7. The van der Waals surface area contributed by atoms with Gasteiger partial charge in [0.1, 0.15) is 11.3 Å². The molecule has 2 aliphatic heterocycles. The van der Waals surface area contributed by atoms with Gasteiger partial charge in [-0.3, -0.25) is 0 Å². The Kier molecular flexibility index (Phi) is 4.70. The number of likely N-dealkylation sites (N-methyl/N-ethyl adjacent to an activating group) is 1. The summed E-state index contributed by atoms with van der Waals surface area (Å²) in [6, 6.07) is 3.85. The first-order valence-electron chi connectivity index (χ1n) is 8.72. The zero-order valence-electron chi connectivity index (χ0n) is 14.2. The summed E-state index contributed by atoms with van der Waals surface area (Å²) in [6.07, 6.45) is 1.94. The van der Waals surface area contributed by atoms with E-state index in [-0.39, 0.29) is 23.4 Å². The number of benzene rings is 1. The second-order valence-corrected chi connectivity index (χ2v) is 8.21. The maximum absolute atomic E-state index is 11.8. The van der Waals surface area contributed by atoms with Gasteiger partial charge in [-0.25, -0.2) is 4.79 Å². The predicted molar refractivity (Wildman–Crippen MR) is 95.7 cm³/mol. The van der Waals surface area contributed by atoms with Crippen LogP contribution in [0.15, 0.2) is 17.0 Å². The van der Waals surface area contributed by atoms with Gasteiger partial charge in [0.2, 0.25) is 0 Å². The highest BCUT2D eigenvalue weighted by Gasteiger charge is 2.54. The van der Waals surface area contributed by atoms with Gasteiger partial charge in [-0.05, 0) is 37.4 Å². The van der Waals surface area contributed by atoms with E-state index in [2.05, 4.69) is 11.9 Å². The lowest BCUT2D eigenvalue weighted by atomic mass is 9.77. The molecule has 1 aromatic carbocycles. The van der Waals surface area contributed by atoms with Crippen molar-refractivity contribution in [3.8, 4) is 5.75 Å². The fourth-order valence-corrected chi connectivity index (χ4v) is 4.85. The topological polar surface area (TPSA) is 79.2 Å². The van der Waals surface area contributed by atoms with Gasteiger partial charge in [-0.15, -0.1) is 11.8 Å². The van der Waals surface area contributed by atoms with Gasteiger partial charge in [0, 0.05) is 29.6 Å². The van der Waals surface area contributed by atoms with Crippen molar-refractivity contribution in [3.63, 3.8) is 0 Å². The van der Waals surface area contributed by atoms with Crippen molar-refractivity contribution in [2.45, 2.75) is 35.6 Å². The van der Waals surface area contributed by atoms with E-state index >= 15 is 0 Å². The van der Waals surface area contributed by atoms with Gasteiger partial charge in [0.05, 0.1) is 12.7 Å². The molecule has 134 valence electrons. The minimum Gasteiger partial charge on any atom is -0.535 e. The molecule has 1 saturated carbocycles. The number of ether oxygens (including phenoxy) is 1. The van der Waals surface area contributed by atoms with Gasteiger partial charge >= 0.3 is 13.1 Å². The average Bonchev–Trinajstić information content (AvgIpc) is 3.36. The van der Waals surface area contributed by atoms with E-state index in [1.807, 2.05) is 12.1 Å². The van der Waals surface area contributed by atoms with Crippen molar-refractivity contribution in [1.82, 2.24) is 4.90 Å². The molecule has 0 amide bonds. The van der Waals surface area contributed by atoms with E-state index < -0.39 is 13.1 Å². The van der Waals surface area contributed by atoms with Gasteiger partial charge < -0.3 is 24.4 Å². The summed E-state index contributed by atoms with van der Waals surface area (Å²) >= 11 is 1.52. The van der Waals surface area contributed by atoms with Gasteiger partial charge in [0.15, 0.2) is 0 Å². The summed E-state index contributed by atoms with van der Waals surface area (Å²) in [4.78, 5) is 14.8. The van der Waals surface area contributed by atoms with E-state index in [4.69, 9.17) is 9.39 Å². The monoisotopic (exact) mass is 363 g/mol. The molecule has 1 saturated heterocycles. The SMILES string of the molecule is CN1CCOC(CCSc2ccc3c(c2C(=O)O)OB(O)C2CC32)C1. The molecule has 4 rings (SSSR count). The standard InChI is InChI=1S/C17H22BNO5S/c1-19-5-6-23-10(9-19)4-7-25-14-3-2-11-12-8-13(12)18(22)24-16(11)15(14)17(20)21/h2-3,10,12-13,22H,4-9H2,1H3,(H,20,21). The number of hydrogen-bond acceptors (Lipinski definition) is 6. The Morgan fingerprint density at radius 1 is 1.48 bits per heavy atom. The normalized spacial score (nSPS) is 28.1. The van der Waals surface area contributed by atoms with Crippen molar-refractivity contribution in [2.24, 2.45) is 0 Å². The van der Waals surface area contributed by atoms with E-state index in [0.29, 0.717) is 10.6 Å². The Bertz CT molecular complexity index is 687. The molecule has 6 nitrogen and oxygen atoms in total. The maximum Gasteiger partial charge on any atom is 0.526 e. The molecule has 2 heterocycles. The lowest BCUT2D eigenvalue weighted by Gasteiger charge is -2.30. The van der Waals surface area contributed by atoms with Crippen LogP contribution in [0.1, 0.15) is 34.7 Å². The largest absolute Gasteiger partial charge is 0.535 e. The average molecular weight is 363 g/mol. The maximum atomic E-state index is 11.8. The summed E-state index contributed by atoms with van der Waals surface area (Å²) < 4.78 is 11.3. The molecular formula is C17H22BNO5S. The van der Waals surface area contributed by atoms with Crippen LogP contribution in [0.3, 0.4) is 0 Å². The smallest absolute Gasteiger partial charge is 0.526 e. The van der Waals surface area contributed by atoms with Gasteiger partial charge in [-0.2, -0.15) is 0 Å². The predicted octanol–water partition coefficient (Wildman–Crippen LogP) is 1.93. The fraction of sp³-hybridized carbons (Fsp3) is 0.588. The first kappa shape index (κ1) is 17.2. The van der Waals surface area contributed by atoms with E-state index in [1.54, 1.807) is 0 Å². The van der Waals surface area contributed by atoms with Crippen LogP contribution in [0.4, 0.5) is 0 Å². The highest BCUT2D eigenvalue weighted by atomic mass is 32.2. The number of carbonyl (C=O) groups is 1. The first-order chi connectivity index (χ1) is 12.0. The molecule has 3 unspecified atom stereocenters. The second kappa shape index (κ2) is 6.83. The third-order valence-electron chi connectivity index (χ3n) is 5.25. The minimum absolute atomic E-state index is 0.119. The van der Waals surface area contributed by atoms with Gasteiger partial charge in [-0.1, -0.05) is 6.07 Å². The number of nitrogens with zero attached hydrogens (tertiary/aromatic N) is 1. The molecule has 1 aromatic rings. The van der Waals surface area contributed by atoms with Crippen molar-refractivity contribution in [1.29, 1.82) is 0 Å². The fourth-order valence-electron chi connectivity index (χ4n) is 3.76. The molecule has 0 spiro atoms. The van der Waals surface area contributed by atoms with Crippen molar-refractivity contribution < 1.29 is 24.3 Å². The van der Waals surface area contributed by atoms with Crippen molar-refractivity contribution >= 4 is 24.8 Å². The van der Waals surface area contributed by atoms with Crippen LogP contribution in [0.5, 0.6) is 5.75 Å². The number of hydrogen-bond donors (Lipinski definition) is 2. The summed E-state index contributed by atoms with van der Waals surface area (Å²) in [5.41, 5.74) is 1.11. The number of carboxylic acid groups (broad SMARTS) is 1. The van der Waals surface area contributed by atoms with Crippen molar-refractivity contribution in [2.75, 3.05) is 32.5 Å². The van der Waals surface area contributed by atoms with E-state index in [9.17, 15) is 14.9 Å². The van der Waals surface area contributed by atoms with Crippen LogP contribution in [-0.2, 0) is 4.74 Å². The summed E-state index contributed by atoms with van der Waals surface area (Å²) in [5.74, 6) is 0.499. The van der Waals surface area contributed by atoms with Crippen molar-refractivity contribution in [3.05, 3.63) is 23.3 Å². The molecule has 0 aromatic heterocycles. The molecule has 2 N–H and O–H groups in total. The number of fused-ring (bicyclic) bond motifs is 3. The Labute approximate surface area is 151 Å². The Balaban J connectivity index is 1.48. The number of thioether (sulfide) groups is 1. The van der Waals surface area contributed by atoms with Crippen LogP contribution >= 0.6 is 11.8 Å². The number of aromatic carboxylic acids is 1. The molecule has 0 radical (unpaired) electrons. The lowest BCUT2D eigenvalue weighted by molar-refractivity contribution is -0.0200. The number of rotatable bonds is 5.